The molecule has 0 N–H and O–H groups in total. The van der Waals surface area contributed by atoms with E-state index in [1.807, 2.05) is 24.0 Å². The first-order valence-corrected chi connectivity index (χ1v) is 10.2. The zero-order chi connectivity index (χ0) is 22.5. The molecule has 2 aliphatic rings. The molecule has 10 heteroatoms. The maximum absolute atomic E-state index is 13.6. The van der Waals surface area contributed by atoms with Crippen LogP contribution in [0.4, 0.5) is 13.2 Å². The van der Waals surface area contributed by atoms with Gasteiger partial charge in [-0.1, -0.05) is 12.1 Å². The molecule has 2 bridgehead atoms. The van der Waals surface area contributed by atoms with Crippen LogP contribution in [0, 0.1) is 6.92 Å². The Kier molecular flexibility index (Phi) is 4.87. The number of aromatic nitrogens is 3. The summed E-state index contributed by atoms with van der Waals surface area (Å²) in [6, 6.07) is 5.25. The van der Waals surface area contributed by atoms with Crippen LogP contribution in [0.15, 0.2) is 47.5 Å². The van der Waals surface area contributed by atoms with Crippen molar-refractivity contribution < 1.29 is 27.1 Å². The Morgan fingerprint density at radius 1 is 1.19 bits per heavy atom. The van der Waals surface area contributed by atoms with E-state index in [2.05, 4.69) is 15.0 Å². The third kappa shape index (κ3) is 3.49. The van der Waals surface area contributed by atoms with Gasteiger partial charge in [-0.2, -0.15) is 13.2 Å². The van der Waals surface area contributed by atoms with Crippen LogP contribution in [0.3, 0.4) is 0 Å². The van der Waals surface area contributed by atoms with Crippen LogP contribution < -0.4 is 4.74 Å². The summed E-state index contributed by atoms with van der Waals surface area (Å²) in [6.07, 6.45) is 1.87. The van der Waals surface area contributed by atoms with E-state index in [-0.39, 0.29) is 30.0 Å². The van der Waals surface area contributed by atoms with Gasteiger partial charge in [0, 0.05) is 12.5 Å². The number of alkyl halides is 3. The molecule has 4 heterocycles. The zero-order valence-corrected chi connectivity index (χ0v) is 17.0. The highest BCUT2D eigenvalue weighted by Crippen LogP contribution is 2.41. The number of hydrogen-bond donors (Lipinski definition) is 0. The summed E-state index contributed by atoms with van der Waals surface area (Å²) < 4.78 is 49.4. The first-order chi connectivity index (χ1) is 15.3. The Hall–Kier alpha value is -3.43. The van der Waals surface area contributed by atoms with E-state index in [9.17, 15) is 18.0 Å². The summed E-state index contributed by atoms with van der Waals surface area (Å²) in [7, 11) is 0. The van der Waals surface area contributed by atoms with Gasteiger partial charge in [0.2, 0.25) is 11.8 Å². The second kappa shape index (κ2) is 7.61. The lowest BCUT2D eigenvalue weighted by Crippen LogP contribution is -2.39. The van der Waals surface area contributed by atoms with E-state index in [0.29, 0.717) is 29.6 Å². The minimum atomic E-state index is -4.56. The van der Waals surface area contributed by atoms with E-state index >= 15 is 0 Å². The number of ether oxygens (including phenoxy) is 1. The van der Waals surface area contributed by atoms with Crippen molar-refractivity contribution in [3.63, 3.8) is 0 Å². The van der Waals surface area contributed by atoms with Crippen LogP contribution in [0.1, 0.15) is 40.9 Å². The number of nitrogens with zero attached hydrogens (tertiary/aromatic N) is 4. The smallest absolute Gasteiger partial charge is 0.434 e. The summed E-state index contributed by atoms with van der Waals surface area (Å²) in [5, 5.41) is 0. The molecule has 166 valence electrons. The predicted octanol–water partition coefficient (Wildman–Crippen LogP) is 4.28. The molecule has 2 fully saturated rings. The summed E-state index contributed by atoms with van der Waals surface area (Å²) in [5.41, 5.74) is 0.949. The van der Waals surface area contributed by atoms with Gasteiger partial charge in [-0.3, -0.25) is 4.79 Å². The first-order valence-electron chi connectivity index (χ1n) is 10.2. The predicted molar refractivity (Wildman–Crippen MR) is 106 cm³/mol. The molecule has 0 radical (unpaired) electrons. The third-order valence-corrected chi connectivity index (χ3v) is 6.05. The standard InChI is InChI=1S/C22H19F3N4O3/c1-12-3-2-4-14(19(12)20-26-7-8-31-20)21(30)29-13-5-6-15(29)16(9-13)32-18-11-27-17(10-28-18)22(23,24)25/h2-4,7-8,10-11,13,15-16H,5-6,9H2,1H3/t13-,15+,16-/m1/s1. The average Bonchev–Trinajstić information content (AvgIpc) is 3.49. The summed E-state index contributed by atoms with van der Waals surface area (Å²) in [5.74, 6) is 0.254. The molecule has 2 aliphatic heterocycles. The number of carbonyl (C=O) groups is 1. The monoisotopic (exact) mass is 444 g/mol. The fourth-order valence-corrected chi connectivity index (χ4v) is 4.67. The largest absolute Gasteiger partial charge is 0.471 e. The van der Waals surface area contributed by atoms with Crippen molar-refractivity contribution in [2.24, 2.45) is 0 Å². The Balaban J connectivity index is 1.38. The van der Waals surface area contributed by atoms with Crippen LogP contribution >= 0.6 is 0 Å². The Labute approximate surface area is 181 Å². The molecule has 0 spiro atoms. The van der Waals surface area contributed by atoms with Gasteiger partial charge < -0.3 is 14.1 Å². The second-order valence-electron chi connectivity index (χ2n) is 7.98. The number of aryl methyl sites for hydroxylation is 1. The van der Waals surface area contributed by atoms with Gasteiger partial charge in [-0.15, -0.1) is 0 Å². The van der Waals surface area contributed by atoms with Crippen LogP contribution in [0.2, 0.25) is 0 Å². The number of oxazole rings is 1. The number of halogens is 3. The zero-order valence-electron chi connectivity index (χ0n) is 17.0. The van der Waals surface area contributed by atoms with Crippen molar-refractivity contribution in [3.05, 3.63) is 59.9 Å². The lowest BCUT2D eigenvalue weighted by Gasteiger charge is -2.25. The lowest BCUT2D eigenvalue weighted by atomic mass is 9.98. The molecule has 5 rings (SSSR count). The molecule has 2 saturated heterocycles. The second-order valence-corrected chi connectivity index (χ2v) is 7.98. The Bertz CT molecular complexity index is 1130. The normalized spacial score (nSPS) is 22.4. The molecule has 1 aromatic carbocycles. The third-order valence-electron chi connectivity index (χ3n) is 6.05. The van der Waals surface area contributed by atoms with Gasteiger partial charge in [-0.25, -0.2) is 15.0 Å². The first kappa shape index (κ1) is 20.5. The highest BCUT2D eigenvalue weighted by molar-refractivity contribution is 6.01. The van der Waals surface area contributed by atoms with Crippen molar-refractivity contribution >= 4 is 5.91 Å². The number of amides is 1. The summed E-state index contributed by atoms with van der Waals surface area (Å²) in [6.45, 7) is 1.89. The minimum absolute atomic E-state index is 0.0129. The number of fused-ring (bicyclic) bond motifs is 2. The fourth-order valence-electron chi connectivity index (χ4n) is 4.67. The Morgan fingerprint density at radius 2 is 2.03 bits per heavy atom. The van der Waals surface area contributed by atoms with E-state index in [1.54, 1.807) is 6.07 Å². The van der Waals surface area contributed by atoms with E-state index in [4.69, 9.17) is 9.15 Å². The number of carbonyl (C=O) groups excluding carboxylic acids is 1. The highest BCUT2D eigenvalue weighted by atomic mass is 19.4. The minimum Gasteiger partial charge on any atom is -0.471 e. The molecule has 0 unspecified atom stereocenters. The van der Waals surface area contributed by atoms with Crippen molar-refractivity contribution in [3.8, 4) is 17.3 Å². The van der Waals surface area contributed by atoms with Crippen molar-refractivity contribution in [2.45, 2.75) is 50.6 Å². The molecule has 32 heavy (non-hydrogen) atoms. The molecule has 3 aromatic rings. The van der Waals surface area contributed by atoms with Gasteiger partial charge in [-0.05, 0) is 31.4 Å². The van der Waals surface area contributed by atoms with Gasteiger partial charge in [0.25, 0.3) is 5.91 Å². The molecule has 0 aliphatic carbocycles. The molecular formula is C22H19F3N4O3. The highest BCUT2D eigenvalue weighted by Gasteiger charge is 2.50. The average molecular weight is 444 g/mol. The van der Waals surface area contributed by atoms with E-state index < -0.39 is 11.9 Å². The summed E-state index contributed by atoms with van der Waals surface area (Å²) >= 11 is 0. The van der Waals surface area contributed by atoms with Gasteiger partial charge in [0.05, 0.1) is 35.8 Å². The maximum Gasteiger partial charge on any atom is 0.434 e. The van der Waals surface area contributed by atoms with E-state index in [1.165, 1.54) is 12.5 Å². The fraction of sp³-hybridized carbons (Fsp3) is 0.364. The quantitative estimate of drug-likeness (QED) is 0.598. The summed E-state index contributed by atoms with van der Waals surface area (Å²) in [4.78, 5) is 26.8. The van der Waals surface area contributed by atoms with Crippen molar-refractivity contribution in [2.75, 3.05) is 0 Å². The van der Waals surface area contributed by atoms with Crippen LogP contribution in [-0.2, 0) is 6.18 Å². The molecule has 1 amide bonds. The molecule has 0 saturated carbocycles. The number of hydrogen-bond acceptors (Lipinski definition) is 6. The van der Waals surface area contributed by atoms with Gasteiger partial charge in [0.1, 0.15) is 12.4 Å². The lowest BCUT2D eigenvalue weighted by molar-refractivity contribution is -0.141. The van der Waals surface area contributed by atoms with Crippen molar-refractivity contribution in [1.82, 2.24) is 19.9 Å². The number of rotatable bonds is 4. The van der Waals surface area contributed by atoms with Crippen LogP contribution in [0.5, 0.6) is 5.88 Å². The topological polar surface area (TPSA) is 81.4 Å². The number of benzene rings is 1. The van der Waals surface area contributed by atoms with Crippen LogP contribution in [-0.4, -0.2) is 43.9 Å². The van der Waals surface area contributed by atoms with Crippen molar-refractivity contribution in [1.29, 1.82) is 0 Å². The molecular weight excluding hydrogens is 425 g/mol. The molecule has 2 aromatic heterocycles. The van der Waals surface area contributed by atoms with Gasteiger partial charge in [0.15, 0.2) is 5.69 Å². The Morgan fingerprint density at radius 3 is 2.72 bits per heavy atom. The SMILES string of the molecule is Cc1cccc(C(=O)N2[C@@H]3CC[C@H]2[C@H](Oc2cnc(C(F)(F)F)cn2)C3)c1-c1ncco1. The molecule has 3 atom stereocenters. The molecule has 7 nitrogen and oxygen atoms in total. The van der Waals surface area contributed by atoms with Gasteiger partial charge >= 0.3 is 6.18 Å². The van der Waals surface area contributed by atoms with Crippen LogP contribution in [0.25, 0.3) is 11.5 Å². The maximum atomic E-state index is 13.6. The van der Waals surface area contributed by atoms with E-state index in [0.717, 1.165) is 24.6 Å².